The fourth-order valence-corrected chi connectivity index (χ4v) is 1.82. The minimum Gasteiger partial charge on any atom is -0.491 e. The molecule has 0 radical (unpaired) electrons. The molecule has 3 heteroatoms. The second kappa shape index (κ2) is 7.39. The molecule has 0 spiro atoms. The number of hydrogen-bond acceptors (Lipinski definition) is 3. The highest BCUT2D eigenvalue weighted by atomic mass is 16.5. The lowest BCUT2D eigenvalue weighted by molar-refractivity contribution is 0.0711. The number of nitrogens with one attached hydrogen (secondary N) is 1. The van der Waals surface area contributed by atoms with Gasteiger partial charge in [-0.3, -0.25) is 0 Å². The van der Waals surface area contributed by atoms with E-state index in [4.69, 9.17) is 9.47 Å². The summed E-state index contributed by atoms with van der Waals surface area (Å²) in [4.78, 5) is 0. The van der Waals surface area contributed by atoms with Gasteiger partial charge < -0.3 is 14.8 Å². The maximum atomic E-state index is 5.87. The third-order valence-corrected chi connectivity index (χ3v) is 3.02. The van der Waals surface area contributed by atoms with Crippen LogP contribution in [0.5, 0.6) is 5.75 Å². The maximum Gasteiger partial charge on any atom is 0.124 e. The number of methoxy groups -OCH3 is 1. The van der Waals surface area contributed by atoms with Gasteiger partial charge in [-0.1, -0.05) is 19.1 Å². The van der Waals surface area contributed by atoms with E-state index in [9.17, 15) is 0 Å². The van der Waals surface area contributed by atoms with Crippen LogP contribution in [0.3, 0.4) is 0 Å². The van der Waals surface area contributed by atoms with E-state index < -0.39 is 0 Å². The van der Waals surface area contributed by atoms with Gasteiger partial charge in [0.2, 0.25) is 0 Å². The summed E-state index contributed by atoms with van der Waals surface area (Å²) < 4.78 is 11.1. The van der Waals surface area contributed by atoms with Gasteiger partial charge in [0.05, 0.1) is 6.10 Å². The van der Waals surface area contributed by atoms with Crippen molar-refractivity contribution in [2.45, 2.75) is 39.8 Å². The molecule has 0 aromatic heterocycles. The first-order valence-corrected chi connectivity index (χ1v) is 6.58. The van der Waals surface area contributed by atoms with Gasteiger partial charge in [-0.15, -0.1) is 0 Å². The van der Waals surface area contributed by atoms with Crippen molar-refractivity contribution in [2.75, 3.05) is 20.3 Å². The van der Waals surface area contributed by atoms with E-state index in [-0.39, 0.29) is 6.10 Å². The minimum atomic E-state index is 0.104. The lowest BCUT2D eigenvalue weighted by Gasteiger charge is -2.19. The van der Waals surface area contributed by atoms with Gasteiger partial charge in [-0.05, 0) is 38.9 Å². The highest BCUT2D eigenvalue weighted by Crippen LogP contribution is 2.26. The van der Waals surface area contributed by atoms with E-state index >= 15 is 0 Å². The number of ether oxygens (including phenoxy) is 2. The zero-order valence-corrected chi connectivity index (χ0v) is 12.1. The molecule has 0 amide bonds. The number of rotatable bonds is 7. The molecule has 0 aliphatic heterocycles. The molecule has 0 fully saturated rings. The molecule has 3 nitrogen and oxygen atoms in total. The molecule has 1 N–H and O–H groups in total. The Labute approximate surface area is 110 Å². The molecule has 0 heterocycles. The lowest BCUT2D eigenvalue weighted by Crippen LogP contribution is -2.20. The highest BCUT2D eigenvalue weighted by molar-refractivity contribution is 5.39. The van der Waals surface area contributed by atoms with E-state index in [2.05, 4.69) is 44.3 Å². The van der Waals surface area contributed by atoms with Gasteiger partial charge in [0.15, 0.2) is 0 Å². The molecular weight excluding hydrogens is 226 g/mol. The Morgan fingerprint density at radius 3 is 2.61 bits per heavy atom. The second-order valence-electron chi connectivity index (χ2n) is 4.68. The normalized spacial score (nSPS) is 14.3. The summed E-state index contributed by atoms with van der Waals surface area (Å²) >= 11 is 0. The Hall–Kier alpha value is -1.06. The number of aryl methyl sites for hydroxylation is 1. The van der Waals surface area contributed by atoms with Gasteiger partial charge in [-0.25, -0.2) is 0 Å². The average Bonchev–Trinajstić information content (AvgIpc) is 2.36. The number of hydrogen-bond donors (Lipinski definition) is 1. The van der Waals surface area contributed by atoms with Crippen LogP contribution < -0.4 is 10.1 Å². The molecule has 18 heavy (non-hydrogen) atoms. The first kappa shape index (κ1) is 15.0. The van der Waals surface area contributed by atoms with Crippen LogP contribution in [-0.4, -0.2) is 26.4 Å². The van der Waals surface area contributed by atoms with Crippen LogP contribution in [0.25, 0.3) is 0 Å². The predicted molar refractivity (Wildman–Crippen MR) is 75.2 cm³/mol. The van der Waals surface area contributed by atoms with Crippen molar-refractivity contribution in [1.29, 1.82) is 0 Å². The smallest absolute Gasteiger partial charge is 0.124 e. The molecule has 2 unspecified atom stereocenters. The molecule has 0 aliphatic carbocycles. The molecule has 0 bridgehead atoms. The SMILES string of the molecule is CCNC(C)c1ccc(C)cc1OCC(C)OC. The molecule has 2 atom stereocenters. The van der Waals surface area contributed by atoms with Gasteiger partial charge in [0, 0.05) is 18.7 Å². The first-order chi connectivity index (χ1) is 8.58. The molecular formula is C15H25NO2. The predicted octanol–water partition coefficient (Wildman–Crippen LogP) is 3.08. The summed E-state index contributed by atoms with van der Waals surface area (Å²) in [6.45, 7) is 9.87. The second-order valence-corrected chi connectivity index (χ2v) is 4.68. The first-order valence-electron chi connectivity index (χ1n) is 6.58. The van der Waals surface area contributed by atoms with E-state index in [0.717, 1.165) is 12.3 Å². The highest BCUT2D eigenvalue weighted by Gasteiger charge is 2.12. The van der Waals surface area contributed by atoms with Crippen LogP contribution in [-0.2, 0) is 4.74 Å². The Balaban J connectivity index is 2.82. The summed E-state index contributed by atoms with van der Waals surface area (Å²) in [5.74, 6) is 0.951. The Bertz CT molecular complexity index is 366. The lowest BCUT2D eigenvalue weighted by atomic mass is 10.0. The third kappa shape index (κ3) is 4.31. The summed E-state index contributed by atoms with van der Waals surface area (Å²) in [5, 5.41) is 3.41. The van der Waals surface area contributed by atoms with E-state index in [1.807, 2.05) is 6.92 Å². The zero-order valence-electron chi connectivity index (χ0n) is 12.1. The molecule has 0 aliphatic rings. The van der Waals surface area contributed by atoms with Crippen LogP contribution in [0, 0.1) is 6.92 Å². The summed E-state index contributed by atoms with van der Waals surface area (Å²) in [6, 6.07) is 6.64. The van der Waals surface area contributed by atoms with Crippen molar-refractivity contribution in [1.82, 2.24) is 5.32 Å². The molecule has 0 saturated heterocycles. The van der Waals surface area contributed by atoms with Crippen molar-refractivity contribution in [3.63, 3.8) is 0 Å². The van der Waals surface area contributed by atoms with Crippen molar-refractivity contribution in [2.24, 2.45) is 0 Å². The van der Waals surface area contributed by atoms with E-state index in [1.54, 1.807) is 7.11 Å². The monoisotopic (exact) mass is 251 g/mol. The van der Waals surface area contributed by atoms with Crippen molar-refractivity contribution >= 4 is 0 Å². The van der Waals surface area contributed by atoms with Gasteiger partial charge in [-0.2, -0.15) is 0 Å². The molecule has 102 valence electrons. The van der Waals surface area contributed by atoms with E-state index in [0.29, 0.717) is 12.6 Å². The Morgan fingerprint density at radius 1 is 1.28 bits per heavy atom. The fourth-order valence-electron chi connectivity index (χ4n) is 1.82. The largest absolute Gasteiger partial charge is 0.491 e. The van der Waals surface area contributed by atoms with Gasteiger partial charge >= 0.3 is 0 Å². The zero-order chi connectivity index (χ0) is 13.5. The fraction of sp³-hybridized carbons (Fsp3) is 0.600. The third-order valence-electron chi connectivity index (χ3n) is 3.02. The van der Waals surface area contributed by atoms with E-state index in [1.165, 1.54) is 11.1 Å². The standard InChI is InChI=1S/C15H25NO2/c1-6-16-13(4)14-8-7-11(2)9-15(14)18-10-12(3)17-5/h7-9,12-13,16H,6,10H2,1-5H3. The topological polar surface area (TPSA) is 30.5 Å². The summed E-state index contributed by atoms with van der Waals surface area (Å²) in [6.07, 6.45) is 0.104. The van der Waals surface area contributed by atoms with Gasteiger partial charge in [0.1, 0.15) is 12.4 Å². The molecule has 1 rings (SSSR count). The van der Waals surface area contributed by atoms with Crippen LogP contribution >= 0.6 is 0 Å². The van der Waals surface area contributed by atoms with Crippen molar-refractivity contribution in [3.8, 4) is 5.75 Å². The summed E-state index contributed by atoms with van der Waals surface area (Å²) in [5.41, 5.74) is 2.41. The Morgan fingerprint density at radius 2 is 2.00 bits per heavy atom. The van der Waals surface area contributed by atoms with Crippen molar-refractivity contribution < 1.29 is 9.47 Å². The Kier molecular flexibility index (Phi) is 6.16. The van der Waals surface area contributed by atoms with Crippen LogP contribution in [0.4, 0.5) is 0 Å². The number of benzene rings is 1. The minimum absolute atomic E-state index is 0.104. The summed E-state index contributed by atoms with van der Waals surface area (Å²) in [7, 11) is 1.70. The van der Waals surface area contributed by atoms with Gasteiger partial charge in [0.25, 0.3) is 0 Å². The molecule has 1 aromatic carbocycles. The van der Waals surface area contributed by atoms with Crippen molar-refractivity contribution in [3.05, 3.63) is 29.3 Å². The average molecular weight is 251 g/mol. The maximum absolute atomic E-state index is 5.87. The molecule has 0 saturated carbocycles. The molecule has 1 aromatic rings. The quantitative estimate of drug-likeness (QED) is 0.808. The van der Waals surface area contributed by atoms with Crippen LogP contribution in [0.2, 0.25) is 0 Å². The van der Waals surface area contributed by atoms with Crippen LogP contribution in [0.1, 0.15) is 37.9 Å². The van der Waals surface area contributed by atoms with Crippen LogP contribution in [0.15, 0.2) is 18.2 Å².